The van der Waals surface area contributed by atoms with Crippen molar-refractivity contribution >= 4 is 21.9 Å². The number of carbonyl (C=O) groups excluding carboxylic acids is 1. The molecule has 1 aromatic carbocycles. The van der Waals surface area contributed by atoms with Crippen molar-refractivity contribution in [2.45, 2.75) is 26.4 Å². The average molecular weight is 289 g/mol. The Kier molecular flexibility index (Phi) is 5.46. The van der Waals surface area contributed by atoms with Gasteiger partial charge in [0.25, 0.3) is 0 Å². The zero-order chi connectivity index (χ0) is 12.0. The third-order valence-corrected chi connectivity index (χ3v) is 2.99. The maximum Gasteiger partial charge on any atom is 0.306 e. The van der Waals surface area contributed by atoms with Crippen LogP contribution in [0.1, 0.15) is 24.5 Å². The van der Waals surface area contributed by atoms with Crippen LogP contribution in [0.2, 0.25) is 0 Å². The van der Waals surface area contributed by atoms with Crippen LogP contribution in [0.4, 0.5) is 4.39 Å². The van der Waals surface area contributed by atoms with E-state index in [-0.39, 0.29) is 12.4 Å². The standard InChI is InChI=1S/C12H14BrFO2/c1-2-16-12(15)7-6-10-9(8-14)4-3-5-11(10)13/h3-5H,2,6-8H2,1H3. The zero-order valence-electron chi connectivity index (χ0n) is 9.13. The van der Waals surface area contributed by atoms with E-state index in [0.717, 1.165) is 10.0 Å². The third kappa shape index (κ3) is 3.59. The first-order valence-electron chi connectivity index (χ1n) is 5.16. The molecular weight excluding hydrogens is 275 g/mol. The first-order valence-corrected chi connectivity index (χ1v) is 5.96. The van der Waals surface area contributed by atoms with E-state index in [1.165, 1.54) is 0 Å². The van der Waals surface area contributed by atoms with E-state index in [1.54, 1.807) is 19.1 Å². The van der Waals surface area contributed by atoms with Crippen LogP contribution < -0.4 is 0 Å². The summed E-state index contributed by atoms with van der Waals surface area (Å²) >= 11 is 3.36. The largest absolute Gasteiger partial charge is 0.466 e. The minimum atomic E-state index is -0.516. The minimum absolute atomic E-state index is 0.247. The monoisotopic (exact) mass is 288 g/mol. The van der Waals surface area contributed by atoms with Crippen molar-refractivity contribution in [2.24, 2.45) is 0 Å². The third-order valence-electron chi connectivity index (χ3n) is 2.24. The Labute approximate surface area is 103 Å². The molecule has 0 fully saturated rings. The van der Waals surface area contributed by atoms with E-state index in [4.69, 9.17) is 4.74 Å². The predicted molar refractivity (Wildman–Crippen MR) is 63.9 cm³/mol. The fourth-order valence-corrected chi connectivity index (χ4v) is 2.07. The first-order chi connectivity index (χ1) is 7.69. The smallest absolute Gasteiger partial charge is 0.306 e. The maximum absolute atomic E-state index is 12.7. The molecule has 0 aliphatic rings. The van der Waals surface area contributed by atoms with Crippen LogP contribution in [0.3, 0.4) is 0 Å². The van der Waals surface area contributed by atoms with Gasteiger partial charge in [-0.05, 0) is 30.5 Å². The van der Waals surface area contributed by atoms with Crippen LogP contribution in [-0.2, 0) is 22.6 Å². The molecule has 0 bridgehead atoms. The summed E-state index contributed by atoms with van der Waals surface area (Å²) in [5.74, 6) is -0.247. The van der Waals surface area contributed by atoms with Crippen molar-refractivity contribution in [2.75, 3.05) is 6.61 Å². The molecule has 0 unspecified atom stereocenters. The van der Waals surface area contributed by atoms with Crippen LogP contribution in [0.5, 0.6) is 0 Å². The fourth-order valence-electron chi connectivity index (χ4n) is 1.47. The Bertz CT molecular complexity index is 366. The Balaban J connectivity index is 2.69. The number of carbonyl (C=O) groups is 1. The molecule has 0 aromatic heterocycles. The second kappa shape index (κ2) is 6.63. The number of halogens is 2. The molecule has 0 saturated carbocycles. The molecule has 1 rings (SSSR count). The molecule has 0 atom stereocenters. The highest BCUT2D eigenvalue weighted by Crippen LogP contribution is 2.23. The molecule has 0 spiro atoms. The van der Waals surface area contributed by atoms with Gasteiger partial charge in [-0.3, -0.25) is 4.79 Å². The number of rotatable bonds is 5. The highest BCUT2D eigenvalue weighted by atomic mass is 79.9. The quantitative estimate of drug-likeness (QED) is 0.776. The van der Waals surface area contributed by atoms with Gasteiger partial charge in [-0.25, -0.2) is 4.39 Å². The number of benzene rings is 1. The Hall–Kier alpha value is -0.900. The van der Waals surface area contributed by atoms with Crippen molar-refractivity contribution < 1.29 is 13.9 Å². The molecular formula is C12H14BrFO2. The predicted octanol–water partition coefficient (Wildman–Crippen LogP) is 3.41. The van der Waals surface area contributed by atoms with E-state index in [0.29, 0.717) is 18.6 Å². The van der Waals surface area contributed by atoms with Gasteiger partial charge in [0.05, 0.1) is 6.61 Å². The van der Waals surface area contributed by atoms with Gasteiger partial charge in [0.15, 0.2) is 0 Å². The van der Waals surface area contributed by atoms with Gasteiger partial charge in [-0.1, -0.05) is 28.1 Å². The number of esters is 1. The second-order valence-electron chi connectivity index (χ2n) is 3.32. The van der Waals surface area contributed by atoms with Crippen LogP contribution in [0, 0.1) is 0 Å². The van der Waals surface area contributed by atoms with Crippen LogP contribution in [0.25, 0.3) is 0 Å². The summed E-state index contributed by atoms with van der Waals surface area (Å²) in [6.45, 7) is 1.63. The number of hydrogen-bond acceptors (Lipinski definition) is 2. The van der Waals surface area contributed by atoms with Gasteiger partial charge < -0.3 is 4.74 Å². The fraction of sp³-hybridized carbons (Fsp3) is 0.417. The lowest BCUT2D eigenvalue weighted by atomic mass is 10.0. The van der Waals surface area contributed by atoms with E-state index in [1.807, 2.05) is 6.07 Å². The van der Waals surface area contributed by atoms with Crippen molar-refractivity contribution in [3.8, 4) is 0 Å². The summed E-state index contributed by atoms with van der Waals surface area (Å²) < 4.78 is 18.4. The molecule has 4 heteroatoms. The molecule has 1 aromatic rings. The Morgan fingerprint density at radius 2 is 2.25 bits per heavy atom. The maximum atomic E-state index is 12.7. The van der Waals surface area contributed by atoms with E-state index in [9.17, 15) is 9.18 Å². The van der Waals surface area contributed by atoms with E-state index < -0.39 is 6.67 Å². The summed E-state index contributed by atoms with van der Waals surface area (Å²) in [6.07, 6.45) is 0.781. The number of alkyl halides is 1. The summed E-state index contributed by atoms with van der Waals surface area (Å²) in [7, 11) is 0. The van der Waals surface area contributed by atoms with Crippen molar-refractivity contribution in [1.82, 2.24) is 0 Å². The summed E-state index contributed by atoms with van der Waals surface area (Å²) in [6, 6.07) is 5.36. The molecule has 0 aliphatic heterocycles. The lowest BCUT2D eigenvalue weighted by Gasteiger charge is -2.08. The SMILES string of the molecule is CCOC(=O)CCc1c(Br)cccc1CF. The van der Waals surface area contributed by atoms with E-state index in [2.05, 4.69) is 15.9 Å². The molecule has 2 nitrogen and oxygen atoms in total. The van der Waals surface area contributed by atoms with Crippen molar-refractivity contribution in [3.63, 3.8) is 0 Å². The highest BCUT2D eigenvalue weighted by molar-refractivity contribution is 9.10. The molecule has 0 aliphatic carbocycles. The topological polar surface area (TPSA) is 26.3 Å². The zero-order valence-corrected chi connectivity index (χ0v) is 10.7. The normalized spacial score (nSPS) is 10.2. The van der Waals surface area contributed by atoms with Gasteiger partial charge in [0.2, 0.25) is 0 Å². The molecule has 0 saturated heterocycles. The van der Waals surface area contributed by atoms with Gasteiger partial charge >= 0.3 is 5.97 Å². The number of hydrogen-bond donors (Lipinski definition) is 0. The summed E-state index contributed by atoms with van der Waals surface area (Å²) in [5.41, 5.74) is 1.47. The minimum Gasteiger partial charge on any atom is -0.466 e. The Morgan fingerprint density at radius 1 is 1.50 bits per heavy atom. The van der Waals surface area contributed by atoms with Crippen molar-refractivity contribution in [1.29, 1.82) is 0 Å². The molecule has 0 amide bonds. The molecule has 16 heavy (non-hydrogen) atoms. The average Bonchev–Trinajstić information content (AvgIpc) is 2.27. The van der Waals surface area contributed by atoms with Crippen molar-refractivity contribution in [3.05, 3.63) is 33.8 Å². The van der Waals surface area contributed by atoms with Gasteiger partial charge in [0, 0.05) is 10.9 Å². The molecule has 0 heterocycles. The van der Waals surface area contributed by atoms with Gasteiger partial charge in [-0.2, -0.15) is 0 Å². The highest BCUT2D eigenvalue weighted by Gasteiger charge is 2.09. The second-order valence-corrected chi connectivity index (χ2v) is 4.17. The molecule has 0 N–H and O–H groups in total. The summed E-state index contributed by atoms with van der Waals surface area (Å²) in [4.78, 5) is 11.2. The van der Waals surface area contributed by atoms with Gasteiger partial charge in [0.1, 0.15) is 6.67 Å². The van der Waals surface area contributed by atoms with Gasteiger partial charge in [-0.15, -0.1) is 0 Å². The first kappa shape index (κ1) is 13.2. The van der Waals surface area contributed by atoms with Crippen LogP contribution in [-0.4, -0.2) is 12.6 Å². The van der Waals surface area contributed by atoms with Crippen LogP contribution >= 0.6 is 15.9 Å². The summed E-state index contributed by atoms with van der Waals surface area (Å²) in [5, 5.41) is 0. The molecule has 0 radical (unpaired) electrons. The van der Waals surface area contributed by atoms with Crippen LogP contribution in [0.15, 0.2) is 22.7 Å². The Morgan fingerprint density at radius 3 is 2.88 bits per heavy atom. The lowest BCUT2D eigenvalue weighted by Crippen LogP contribution is -2.06. The molecule has 88 valence electrons. The van der Waals surface area contributed by atoms with E-state index >= 15 is 0 Å². The number of ether oxygens (including phenoxy) is 1. The lowest BCUT2D eigenvalue weighted by molar-refractivity contribution is -0.143.